The zero-order valence-corrected chi connectivity index (χ0v) is 7.56. The highest BCUT2D eigenvalue weighted by Crippen LogP contribution is 2.11. The molecule has 0 bridgehead atoms. The Labute approximate surface area is 65.0 Å². The number of nitrogens with two attached hydrogens (primary N) is 1. The van der Waals surface area contributed by atoms with Gasteiger partial charge in [-0.25, -0.2) is 0 Å². The lowest BCUT2D eigenvalue weighted by atomic mass is 9.99. The Morgan fingerprint density at radius 1 is 1.10 bits per heavy atom. The van der Waals surface area contributed by atoms with Crippen molar-refractivity contribution in [1.82, 2.24) is 0 Å². The van der Waals surface area contributed by atoms with Crippen molar-refractivity contribution in [3.63, 3.8) is 0 Å². The summed E-state index contributed by atoms with van der Waals surface area (Å²) in [5.74, 6) is 0.859. The third-order valence-corrected chi connectivity index (χ3v) is 2.25. The van der Waals surface area contributed by atoms with Gasteiger partial charge < -0.3 is 5.73 Å². The van der Waals surface area contributed by atoms with Crippen molar-refractivity contribution in [1.29, 1.82) is 0 Å². The molecular formula is C9H21N. The van der Waals surface area contributed by atoms with Crippen molar-refractivity contribution in [2.45, 2.75) is 52.5 Å². The van der Waals surface area contributed by atoms with E-state index < -0.39 is 0 Å². The van der Waals surface area contributed by atoms with Gasteiger partial charge >= 0.3 is 0 Å². The highest BCUT2D eigenvalue weighted by molar-refractivity contribution is 4.60. The van der Waals surface area contributed by atoms with Crippen LogP contribution in [0.1, 0.15) is 46.5 Å². The maximum atomic E-state index is 5.78. The second-order valence-electron chi connectivity index (χ2n) is 3.26. The lowest BCUT2D eigenvalue weighted by Crippen LogP contribution is -2.19. The summed E-state index contributed by atoms with van der Waals surface area (Å²) in [7, 11) is 0. The highest BCUT2D eigenvalue weighted by atomic mass is 14.6. The summed E-state index contributed by atoms with van der Waals surface area (Å²) in [4.78, 5) is 0. The molecule has 62 valence electrons. The molecule has 1 heteroatoms. The summed E-state index contributed by atoms with van der Waals surface area (Å²) < 4.78 is 0. The molecule has 0 aromatic heterocycles. The van der Waals surface area contributed by atoms with Crippen LogP contribution in [0.5, 0.6) is 0 Å². The molecule has 10 heavy (non-hydrogen) atoms. The Morgan fingerprint density at radius 3 is 2.10 bits per heavy atom. The van der Waals surface area contributed by atoms with Crippen molar-refractivity contribution >= 4 is 0 Å². The fourth-order valence-electron chi connectivity index (χ4n) is 0.907. The summed E-state index contributed by atoms with van der Waals surface area (Å²) in [6.45, 7) is 6.69. The van der Waals surface area contributed by atoms with Crippen molar-refractivity contribution in [2.24, 2.45) is 11.7 Å². The Bertz CT molecular complexity index is 61.1. The van der Waals surface area contributed by atoms with Gasteiger partial charge in [-0.05, 0) is 25.2 Å². The van der Waals surface area contributed by atoms with Gasteiger partial charge in [0.15, 0.2) is 0 Å². The molecule has 1 nitrogen and oxygen atoms in total. The van der Waals surface area contributed by atoms with Crippen molar-refractivity contribution in [3.05, 3.63) is 0 Å². The van der Waals surface area contributed by atoms with E-state index in [-0.39, 0.29) is 0 Å². The minimum Gasteiger partial charge on any atom is -0.328 e. The van der Waals surface area contributed by atoms with E-state index in [9.17, 15) is 0 Å². The van der Waals surface area contributed by atoms with Crippen LogP contribution in [0, 0.1) is 5.92 Å². The average molecular weight is 143 g/mol. The fraction of sp³-hybridized carbons (Fsp3) is 1.00. The van der Waals surface area contributed by atoms with Crippen LogP contribution in [-0.4, -0.2) is 6.04 Å². The predicted molar refractivity (Wildman–Crippen MR) is 47.0 cm³/mol. The number of hydrogen-bond acceptors (Lipinski definition) is 1. The molecule has 0 radical (unpaired) electrons. The molecule has 2 unspecified atom stereocenters. The van der Waals surface area contributed by atoms with Crippen LogP contribution in [0.2, 0.25) is 0 Å². The zero-order chi connectivity index (χ0) is 7.98. The summed E-state index contributed by atoms with van der Waals surface area (Å²) in [5, 5.41) is 0. The van der Waals surface area contributed by atoms with Crippen molar-refractivity contribution < 1.29 is 0 Å². The van der Waals surface area contributed by atoms with Crippen molar-refractivity contribution in [3.8, 4) is 0 Å². The van der Waals surface area contributed by atoms with E-state index in [1.165, 1.54) is 19.3 Å². The monoisotopic (exact) mass is 143 g/mol. The lowest BCUT2D eigenvalue weighted by molar-refractivity contribution is 0.452. The quantitative estimate of drug-likeness (QED) is 0.629. The summed E-state index contributed by atoms with van der Waals surface area (Å²) in [5.41, 5.74) is 5.78. The van der Waals surface area contributed by atoms with Crippen LogP contribution in [0.3, 0.4) is 0 Å². The first-order chi connectivity index (χ1) is 4.70. The topological polar surface area (TPSA) is 26.0 Å². The summed E-state index contributed by atoms with van der Waals surface area (Å²) >= 11 is 0. The first-order valence-electron chi connectivity index (χ1n) is 4.46. The molecule has 2 N–H and O–H groups in total. The van der Waals surface area contributed by atoms with Gasteiger partial charge in [0, 0.05) is 6.04 Å². The zero-order valence-electron chi connectivity index (χ0n) is 7.56. The second kappa shape index (κ2) is 5.72. The third kappa shape index (κ3) is 4.80. The Hall–Kier alpha value is -0.0400. The van der Waals surface area contributed by atoms with Crippen LogP contribution in [0.15, 0.2) is 0 Å². The van der Waals surface area contributed by atoms with E-state index in [0.29, 0.717) is 6.04 Å². The summed E-state index contributed by atoms with van der Waals surface area (Å²) in [6.07, 6.45) is 4.91. The normalized spacial score (nSPS) is 16.8. The molecule has 0 aliphatic carbocycles. The minimum absolute atomic E-state index is 0.439. The molecule has 0 rings (SSSR count). The maximum Gasteiger partial charge on any atom is 0.00363 e. The van der Waals surface area contributed by atoms with Crippen LogP contribution in [0.4, 0.5) is 0 Å². The molecule has 0 saturated heterocycles. The van der Waals surface area contributed by atoms with Gasteiger partial charge in [-0.1, -0.05) is 27.2 Å². The van der Waals surface area contributed by atoms with Crippen LogP contribution in [-0.2, 0) is 0 Å². The van der Waals surface area contributed by atoms with E-state index in [1.54, 1.807) is 0 Å². The Morgan fingerprint density at radius 2 is 1.70 bits per heavy atom. The SMILES string of the molecule is CCC(C)CCC(N)CC. The Kier molecular flexibility index (Phi) is 5.70. The lowest BCUT2D eigenvalue weighted by Gasteiger charge is -2.11. The molecule has 0 aromatic carbocycles. The highest BCUT2D eigenvalue weighted by Gasteiger charge is 2.02. The smallest absolute Gasteiger partial charge is 0.00363 e. The molecule has 0 aromatic rings. The van der Waals surface area contributed by atoms with E-state index >= 15 is 0 Å². The number of hydrogen-bond donors (Lipinski definition) is 1. The van der Waals surface area contributed by atoms with Gasteiger partial charge in [0.1, 0.15) is 0 Å². The molecule has 2 atom stereocenters. The first-order valence-corrected chi connectivity index (χ1v) is 4.46. The molecule has 0 amide bonds. The predicted octanol–water partition coefficient (Wildman–Crippen LogP) is 2.55. The molecule has 0 saturated carbocycles. The average Bonchev–Trinajstić information content (AvgIpc) is 1.99. The molecule has 0 fully saturated rings. The van der Waals surface area contributed by atoms with E-state index in [0.717, 1.165) is 12.3 Å². The molecule has 0 heterocycles. The van der Waals surface area contributed by atoms with Crippen molar-refractivity contribution in [2.75, 3.05) is 0 Å². The first kappa shape index (κ1) is 9.96. The standard InChI is InChI=1S/C9H21N/c1-4-8(3)6-7-9(10)5-2/h8-9H,4-7,10H2,1-3H3. The molecule has 0 aliphatic heterocycles. The van der Waals surface area contributed by atoms with Gasteiger partial charge in [0.05, 0.1) is 0 Å². The molecule has 0 spiro atoms. The largest absolute Gasteiger partial charge is 0.328 e. The van der Waals surface area contributed by atoms with Crippen LogP contribution >= 0.6 is 0 Å². The van der Waals surface area contributed by atoms with E-state index in [2.05, 4.69) is 20.8 Å². The third-order valence-electron chi connectivity index (χ3n) is 2.25. The van der Waals surface area contributed by atoms with Gasteiger partial charge in [-0.2, -0.15) is 0 Å². The summed E-state index contributed by atoms with van der Waals surface area (Å²) in [6, 6.07) is 0.439. The fourth-order valence-corrected chi connectivity index (χ4v) is 0.907. The van der Waals surface area contributed by atoms with Gasteiger partial charge in [0.25, 0.3) is 0 Å². The van der Waals surface area contributed by atoms with Gasteiger partial charge in [-0.3, -0.25) is 0 Å². The maximum absolute atomic E-state index is 5.78. The number of rotatable bonds is 5. The van der Waals surface area contributed by atoms with Crippen LogP contribution < -0.4 is 5.73 Å². The van der Waals surface area contributed by atoms with Gasteiger partial charge in [0.2, 0.25) is 0 Å². The van der Waals surface area contributed by atoms with E-state index in [4.69, 9.17) is 5.73 Å². The second-order valence-corrected chi connectivity index (χ2v) is 3.26. The molecule has 0 aliphatic rings. The minimum atomic E-state index is 0.439. The van der Waals surface area contributed by atoms with Gasteiger partial charge in [-0.15, -0.1) is 0 Å². The van der Waals surface area contributed by atoms with E-state index in [1.807, 2.05) is 0 Å². The van der Waals surface area contributed by atoms with Crippen LogP contribution in [0.25, 0.3) is 0 Å². The Balaban J connectivity index is 3.17. The molecular weight excluding hydrogens is 122 g/mol.